The van der Waals surface area contributed by atoms with Crippen LogP contribution in [0.3, 0.4) is 0 Å². The van der Waals surface area contributed by atoms with Crippen molar-refractivity contribution in [2.75, 3.05) is 6.61 Å². The van der Waals surface area contributed by atoms with Crippen LogP contribution in [0.4, 0.5) is 0 Å². The van der Waals surface area contributed by atoms with Gasteiger partial charge in [-0.15, -0.1) is 0 Å². The smallest absolute Gasteiger partial charge is 0.244 e. The molecule has 0 radical (unpaired) electrons. The van der Waals surface area contributed by atoms with Crippen molar-refractivity contribution >= 4 is 35.2 Å². The average Bonchev–Trinajstić information content (AvgIpc) is 2.33. The first-order valence-electron chi connectivity index (χ1n) is 6.07. The zero-order chi connectivity index (χ0) is 14.3. The number of hydrogen-bond acceptors (Lipinski definition) is 2. The van der Waals surface area contributed by atoms with Crippen molar-refractivity contribution in [3.8, 4) is 0 Å². The minimum absolute atomic E-state index is 0.0345. The monoisotopic (exact) mass is 301 g/mol. The first kappa shape index (κ1) is 16.0. The predicted octanol–water partition coefficient (Wildman–Crippen LogP) is 3.28. The standard InChI is InChI=1S/C14H17Cl2NO2/c1-10(3-2-6-18)17-14(19)5-4-11-7-12(15)9-13(16)8-11/h4-5,7-10,18H,2-3,6H2,1H3,(H,17,19). The molecule has 0 fully saturated rings. The highest BCUT2D eigenvalue weighted by molar-refractivity contribution is 6.34. The molecule has 0 spiro atoms. The zero-order valence-electron chi connectivity index (χ0n) is 10.7. The molecule has 0 saturated carbocycles. The summed E-state index contributed by atoms with van der Waals surface area (Å²) >= 11 is 11.7. The predicted molar refractivity (Wildman–Crippen MR) is 79.4 cm³/mol. The average molecular weight is 302 g/mol. The Hall–Kier alpha value is -1.03. The molecule has 0 heterocycles. The summed E-state index contributed by atoms with van der Waals surface area (Å²) in [5.41, 5.74) is 0.774. The third kappa shape index (κ3) is 6.62. The Labute approximate surface area is 123 Å². The second kappa shape index (κ2) is 8.20. The van der Waals surface area contributed by atoms with E-state index in [0.717, 1.165) is 12.0 Å². The lowest BCUT2D eigenvalue weighted by atomic mass is 10.2. The number of aliphatic hydroxyl groups excluding tert-OH is 1. The maximum absolute atomic E-state index is 11.6. The summed E-state index contributed by atoms with van der Waals surface area (Å²) < 4.78 is 0. The van der Waals surface area contributed by atoms with Crippen molar-refractivity contribution in [1.29, 1.82) is 0 Å². The highest BCUT2D eigenvalue weighted by Gasteiger charge is 2.04. The minimum Gasteiger partial charge on any atom is -0.396 e. The van der Waals surface area contributed by atoms with E-state index in [2.05, 4.69) is 5.32 Å². The molecule has 1 aromatic rings. The number of carbonyl (C=O) groups is 1. The van der Waals surface area contributed by atoms with Crippen molar-refractivity contribution < 1.29 is 9.90 Å². The zero-order valence-corrected chi connectivity index (χ0v) is 12.2. The van der Waals surface area contributed by atoms with Crippen LogP contribution in [-0.4, -0.2) is 23.7 Å². The van der Waals surface area contributed by atoms with Crippen molar-refractivity contribution in [1.82, 2.24) is 5.32 Å². The lowest BCUT2D eigenvalue weighted by molar-refractivity contribution is -0.117. The van der Waals surface area contributed by atoms with E-state index in [1.807, 2.05) is 6.92 Å². The summed E-state index contributed by atoms with van der Waals surface area (Å²) in [5.74, 6) is -0.179. The van der Waals surface area contributed by atoms with Crippen LogP contribution in [0.1, 0.15) is 25.3 Å². The van der Waals surface area contributed by atoms with E-state index in [9.17, 15) is 4.79 Å². The van der Waals surface area contributed by atoms with Gasteiger partial charge in [0.1, 0.15) is 0 Å². The molecule has 0 aliphatic heterocycles. The quantitative estimate of drug-likeness (QED) is 0.792. The summed E-state index contributed by atoms with van der Waals surface area (Å²) in [6.07, 6.45) is 4.53. The molecule has 0 aromatic heterocycles. The summed E-state index contributed by atoms with van der Waals surface area (Å²) in [4.78, 5) is 11.6. The number of aliphatic hydroxyl groups is 1. The molecular formula is C14H17Cl2NO2. The fourth-order valence-corrected chi connectivity index (χ4v) is 2.15. The molecule has 19 heavy (non-hydrogen) atoms. The van der Waals surface area contributed by atoms with Gasteiger partial charge in [0.05, 0.1) is 0 Å². The van der Waals surface area contributed by atoms with Gasteiger partial charge in [-0.1, -0.05) is 23.2 Å². The van der Waals surface area contributed by atoms with Crippen LogP contribution in [0.2, 0.25) is 10.0 Å². The van der Waals surface area contributed by atoms with E-state index in [0.29, 0.717) is 16.5 Å². The van der Waals surface area contributed by atoms with E-state index in [1.54, 1.807) is 24.3 Å². The molecule has 1 unspecified atom stereocenters. The minimum atomic E-state index is -0.179. The Bertz CT molecular complexity index is 441. The number of halogens is 2. The van der Waals surface area contributed by atoms with Gasteiger partial charge in [-0.25, -0.2) is 0 Å². The first-order chi connectivity index (χ1) is 9.01. The molecule has 1 atom stereocenters. The molecule has 104 valence electrons. The highest BCUT2D eigenvalue weighted by atomic mass is 35.5. The summed E-state index contributed by atoms with van der Waals surface area (Å²) in [6.45, 7) is 2.04. The van der Waals surface area contributed by atoms with Crippen LogP contribution < -0.4 is 5.32 Å². The van der Waals surface area contributed by atoms with Crippen LogP contribution in [0, 0.1) is 0 Å². The van der Waals surface area contributed by atoms with Gasteiger partial charge in [-0.2, -0.15) is 0 Å². The van der Waals surface area contributed by atoms with Crippen molar-refractivity contribution in [2.45, 2.75) is 25.8 Å². The van der Waals surface area contributed by atoms with Crippen molar-refractivity contribution in [3.63, 3.8) is 0 Å². The number of nitrogens with one attached hydrogen (secondary N) is 1. The maximum atomic E-state index is 11.6. The normalized spacial score (nSPS) is 12.6. The molecule has 2 N–H and O–H groups in total. The number of benzene rings is 1. The van der Waals surface area contributed by atoms with E-state index >= 15 is 0 Å². The first-order valence-corrected chi connectivity index (χ1v) is 6.82. The van der Waals surface area contributed by atoms with Crippen LogP contribution in [-0.2, 0) is 4.79 Å². The maximum Gasteiger partial charge on any atom is 0.244 e. The summed E-state index contributed by atoms with van der Waals surface area (Å²) in [6, 6.07) is 5.13. The third-order valence-electron chi connectivity index (χ3n) is 2.50. The molecule has 0 aliphatic rings. The Balaban J connectivity index is 2.53. The number of amides is 1. The fourth-order valence-electron chi connectivity index (χ4n) is 1.60. The highest BCUT2D eigenvalue weighted by Crippen LogP contribution is 2.19. The molecule has 0 bridgehead atoms. The van der Waals surface area contributed by atoms with Gasteiger partial charge in [0, 0.05) is 28.8 Å². The Morgan fingerprint density at radius 2 is 2.00 bits per heavy atom. The largest absolute Gasteiger partial charge is 0.396 e. The number of rotatable bonds is 6. The molecule has 0 saturated heterocycles. The van der Waals surface area contributed by atoms with Gasteiger partial charge >= 0.3 is 0 Å². The molecule has 0 aliphatic carbocycles. The SMILES string of the molecule is CC(CCCO)NC(=O)C=Cc1cc(Cl)cc(Cl)c1. The van der Waals surface area contributed by atoms with Gasteiger partial charge < -0.3 is 10.4 Å². The van der Waals surface area contributed by atoms with E-state index < -0.39 is 0 Å². The second-order valence-corrected chi connectivity index (χ2v) is 5.18. The molecule has 3 nitrogen and oxygen atoms in total. The molecule has 1 amide bonds. The molecule has 1 rings (SSSR count). The van der Waals surface area contributed by atoms with Gasteiger partial charge in [-0.05, 0) is 49.6 Å². The van der Waals surface area contributed by atoms with Crippen LogP contribution in [0.25, 0.3) is 6.08 Å². The van der Waals surface area contributed by atoms with Gasteiger partial charge in [0.25, 0.3) is 0 Å². The van der Waals surface area contributed by atoms with Gasteiger partial charge in [0.2, 0.25) is 5.91 Å². The Morgan fingerprint density at radius 3 is 2.58 bits per heavy atom. The van der Waals surface area contributed by atoms with Crippen molar-refractivity contribution in [3.05, 3.63) is 39.9 Å². The fraction of sp³-hybridized carbons (Fsp3) is 0.357. The second-order valence-electron chi connectivity index (χ2n) is 4.31. The van der Waals surface area contributed by atoms with Crippen molar-refractivity contribution in [2.24, 2.45) is 0 Å². The molecular weight excluding hydrogens is 285 g/mol. The summed E-state index contributed by atoms with van der Waals surface area (Å²) in [5, 5.41) is 12.6. The Morgan fingerprint density at radius 1 is 1.37 bits per heavy atom. The van der Waals surface area contributed by atoms with Crippen LogP contribution in [0.15, 0.2) is 24.3 Å². The van der Waals surface area contributed by atoms with E-state index in [1.165, 1.54) is 6.08 Å². The number of carbonyl (C=O) groups excluding carboxylic acids is 1. The topological polar surface area (TPSA) is 49.3 Å². The van der Waals surface area contributed by atoms with Gasteiger partial charge in [0.15, 0.2) is 0 Å². The van der Waals surface area contributed by atoms with Gasteiger partial charge in [-0.3, -0.25) is 4.79 Å². The summed E-state index contributed by atoms with van der Waals surface area (Å²) in [7, 11) is 0. The van der Waals surface area contributed by atoms with Crippen LogP contribution in [0.5, 0.6) is 0 Å². The van der Waals surface area contributed by atoms with E-state index in [4.69, 9.17) is 28.3 Å². The lowest BCUT2D eigenvalue weighted by Crippen LogP contribution is -2.31. The number of hydrogen-bond donors (Lipinski definition) is 2. The molecule has 5 heteroatoms. The Kier molecular flexibility index (Phi) is 6.92. The van der Waals surface area contributed by atoms with Crippen LogP contribution >= 0.6 is 23.2 Å². The van der Waals surface area contributed by atoms with E-state index in [-0.39, 0.29) is 18.6 Å². The third-order valence-corrected chi connectivity index (χ3v) is 2.93. The molecule has 1 aromatic carbocycles. The lowest BCUT2D eigenvalue weighted by Gasteiger charge is -2.11.